The zero-order valence-electron chi connectivity index (χ0n) is 29.8. The summed E-state index contributed by atoms with van der Waals surface area (Å²) in [6.45, 7) is 4.69. The van der Waals surface area contributed by atoms with Crippen LogP contribution in [0.15, 0.2) is 188 Å². The first-order valence-corrected chi connectivity index (χ1v) is 19.2. The quantitative estimate of drug-likeness (QED) is 0.167. The molecule has 0 spiro atoms. The van der Waals surface area contributed by atoms with Gasteiger partial charge in [0.05, 0.1) is 11.4 Å². The first-order chi connectivity index (χ1) is 26.1. The molecule has 10 rings (SSSR count). The largest absolute Gasteiger partial charge is 0.309 e. The van der Waals surface area contributed by atoms with Crippen molar-refractivity contribution >= 4 is 48.6 Å². The number of anilines is 3. The molecule has 0 unspecified atom stereocenters. The van der Waals surface area contributed by atoms with Crippen LogP contribution in [0.1, 0.15) is 25.0 Å². The van der Waals surface area contributed by atoms with Crippen molar-refractivity contribution in [3.8, 4) is 44.5 Å². The summed E-state index contributed by atoms with van der Waals surface area (Å²) in [6.07, 6.45) is 0. The van der Waals surface area contributed by atoms with Gasteiger partial charge in [-0.3, -0.25) is 0 Å². The van der Waals surface area contributed by atoms with Crippen LogP contribution < -0.4 is 4.90 Å². The normalized spacial score (nSPS) is 12.9. The number of thiophene rings is 1. The maximum Gasteiger partial charge on any atom is 0.0540 e. The second kappa shape index (κ2) is 12.5. The molecular formula is C51H37NS. The third kappa shape index (κ3) is 5.13. The summed E-state index contributed by atoms with van der Waals surface area (Å²) in [5, 5.41) is 2.64. The number of hydrogen-bond acceptors (Lipinski definition) is 2. The van der Waals surface area contributed by atoms with E-state index in [4.69, 9.17) is 0 Å². The van der Waals surface area contributed by atoms with Crippen LogP contribution >= 0.6 is 11.3 Å². The zero-order valence-corrected chi connectivity index (χ0v) is 30.6. The number of benzene rings is 8. The molecule has 9 aromatic rings. The maximum absolute atomic E-state index is 2.45. The van der Waals surface area contributed by atoms with Crippen molar-refractivity contribution in [3.63, 3.8) is 0 Å². The lowest BCUT2D eigenvalue weighted by Gasteiger charge is -2.30. The van der Waals surface area contributed by atoms with Crippen molar-refractivity contribution in [2.24, 2.45) is 0 Å². The highest BCUT2D eigenvalue weighted by molar-refractivity contribution is 7.26. The van der Waals surface area contributed by atoms with E-state index in [1.54, 1.807) is 0 Å². The van der Waals surface area contributed by atoms with Crippen LogP contribution in [-0.4, -0.2) is 0 Å². The van der Waals surface area contributed by atoms with Crippen molar-refractivity contribution in [1.82, 2.24) is 0 Å². The SMILES string of the molecule is CC1(C)c2ccccc2-c2cc(-c3ccccc3N(c3ccc(-c4cccc5c4sc4ccccc45)cc3)c3ccccc3-c3ccccc3)ccc21. The molecule has 0 saturated carbocycles. The third-order valence-electron chi connectivity index (χ3n) is 11.1. The van der Waals surface area contributed by atoms with Crippen LogP contribution in [0, 0.1) is 0 Å². The van der Waals surface area contributed by atoms with Gasteiger partial charge >= 0.3 is 0 Å². The van der Waals surface area contributed by atoms with Gasteiger partial charge in [-0.1, -0.05) is 166 Å². The highest BCUT2D eigenvalue weighted by Crippen LogP contribution is 2.51. The molecule has 0 bridgehead atoms. The number of para-hydroxylation sites is 2. The fourth-order valence-electron chi connectivity index (χ4n) is 8.50. The Hall–Kier alpha value is -6.22. The van der Waals surface area contributed by atoms with Gasteiger partial charge in [0, 0.05) is 42.4 Å². The fraction of sp³-hybridized carbons (Fsp3) is 0.0588. The molecule has 1 aromatic heterocycles. The van der Waals surface area contributed by atoms with E-state index in [-0.39, 0.29) is 5.41 Å². The smallest absolute Gasteiger partial charge is 0.0540 e. The molecule has 1 aliphatic rings. The van der Waals surface area contributed by atoms with E-state index < -0.39 is 0 Å². The number of nitrogens with zero attached hydrogens (tertiary/aromatic N) is 1. The Morgan fingerprint density at radius 1 is 0.396 bits per heavy atom. The summed E-state index contributed by atoms with van der Waals surface area (Å²) in [6, 6.07) is 69.0. The minimum absolute atomic E-state index is 0.0352. The molecule has 2 heteroatoms. The number of fused-ring (bicyclic) bond motifs is 6. The van der Waals surface area contributed by atoms with Crippen molar-refractivity contribution < 1.29 is 0 Å². The molecule has 0 aliphatic heterocycles. The predicted octanol–water partition coefficient (Wildman–Crippen LogP) is 14.8. The van der Waals surface area contributed by atoms with E-state index in [1.807, 2.05) is 11.3 Å². The van der Waals surface area contributed by atoms with Crippen LogP contribution in [-0.2, 0) is 5.41 Å². The summed E-state index contributed by atoms with van der Waals surface area (Å²) in [7, 11) is 0. The first-order valence-electron chi connectivity index (χ1n) is 18.4. The third-order valence-corrected chi connectivity index (χ3v) is 12.3. The molecule has 8 aromatic carbocycles. The summed E-state index contributed by atoms with van der Waals surface area (Å²) in [4.78, 5) is 2.45. The molecule has 0 atom stereocenters. The lowest BCUT2D eigenvalue weighted by atomic mass is 9.82. The van der Waals surface area contributed by atoms with Gasteiger partial charge in [-0.25, -0.2) is 0 Å². The Labute approximate surface area is 315 Å². The van der Waals surface area contributed by atoms with Gasteiger partial charge in [-0.05, 0) is 80.9 Å². The van der Waals surface area contributed by atoms with Gasteiger partial charge < -0.3 is 4.90 Å². The van der Waals surface area contributed by atoms with Gasteiger partial charge in [-0.2, -0.15) is 0 Å². The molecule has 53 heavy (non-hydrogen) atoms. The monoisotopic (exact) mass is 695 g/mol. The second-order valence-corrected chi connectivity index (χ2v) is 15.5. The average molecular weight is 696 g/mol. The molecule has 252 valence electrons. The molecule has 0 fully saturated rings. The van der Waals surface area contributed by atoms with Crippen LogP contribution in [0.25, 0.3) is 64.7 Å². The first kappa shape index (κ1) is 31.5. The lowest BCUT2D eigenvalue weighted by molar-refractivity contribution is 0.660. The number of rotatable bonds is 6. The predicted molar refractivity (Wildman–Crippen MR) is 228 cm³/mol. The standard InChI is InChI=1S/C51H37NS/c1-51(2)45-23-10-6-19-41(45)44-33-36(29-32-46(44)51)39-18-8-12-25-48(39)52(47-24-11-7-17-38(47)34-15-4-3-5-16-34)37-30-27-35(28-31-37)40-21-14-22-43-42-20-9-13-26-49(42)53-50(40)43/h3-33H,1-2H3. The molecule has 1 heterocycles. The minimum atomic E-state index is -0.0352. The second-order valence-electron chi connectivity index (χ2n) is 14.5. The summed E-state index contributed by atoms with van der Waals surface area (Å²) < 4.78 is 2.66. The fourth-order valence-corrected chi connectivity index (χ4v) is 9.74. The van der Waals surface area contributed by atoms with E-state index in [9.17, 15) is 0 Å². The van der Waals surface area contributed by atoms with Gasteiger partial charge in [0.25, 0.3) is 0 Å². The average Bonchev–Trinajstić information content (AvgIpc) is 3.71. The topological polar surface area (TPSA) is 3.24 Å². The summed E-state index contributed by atoms with van der Waals surface area (Å²) in [5.74, 6) is 0. The Balaban J connectivity index is 1.15. The van der Waals surface area contributed by atoms with Crippen molar-refractivity contribution in [1.29, 1.82) is 0 Å². The highest BCUT2D eigenvalue weighted by atomic mass is 32.1. The maximum atomic E-state index is 2.45. The number of hydrogen-bond donors (Lipinski definition) is 0. The van der Waals surface area contributed by atoms with E-state index in [0.717, 1.165) is 17.1 Å². The van der Waals surface area contributed by atoms with Crippen molar-refractivity contribution in [2.45, 2.75) is 19.3 Å². The minimum Gasteiger partial charge on any atom is -0.309 e. The lowest BCUT2D eigenvalue weighted by Crippen LogP contribution is -2.14. The van der Waals surface area contributed by atoms with E-state index in [0.29, 0.717) is 0 Å². The van der Waals surface area contributed by atoms with Gasteiger partial charge in [-0.15, -0.1) is 11.3 Å². The van der Waals surface area contributed by atoms with Gasteiger partial charge in [0.15, 0.2) is 0 Å². The van der Waals surface area contributed by atoms with E-state index >= 15 is 0 Å². The molecule has 0 saturated heterocycles. The van der Waals surface area contributed by atoms with Gasteiger partial charge in [0.1, 0.15) is 0 Å². The van der Waals surface area contributed by atoms with Crippen molar-refractivity contribution in [3.05, 3.63) is 199 Å². The van der Waals surface area contributed by atoms with Crippen molar-refractivity contribution in [2.75, 3.05) is 4.90 Å². The molecular weight excluding hydrogens is 659 g/mol. The van der Waals surface area contributed by atoms with Crippen LogP contribution in [0.5, 0.6) is 0 Å². The van der Waals surface area contributed by atoms with E-state index in [1.165, 1.54) is 75.8 Å². The molecule has 0 radical (unpaired) electrons. The van der Waals surface area contributed by atoms with Crippen LogP contribution in [0.2, 0.25) is 0 Å². The van der Waals surface area contributed by atoms with E-state index in [2.05, 4.69) is 207 Å². The highest BCUT2D eigenvalue weighted by Gasteiger charge is 2.35. The van der Waals surface area contributed by atoms with Gasteiger partial charge in [0.2, 0.25) is 0 Å². The Bertz CT molecular complexity index is 2810. The Morgan fingerprint density at radius 2 is 0.943 bits per heavy atom. The Kier molecular flexibility index (Phi) is 7.42. The molecule has 1 aliphatic carbocycles. The molecule has 1 nitrogen and oxygen atoms in total. The Morgan fingerprint density at radius 3 is 1.72 bits per heavy atom. The molecule has 0 N–H and O–H groups in total. The van der Waals surface area contributed by atoms with Crippen LogP contribution in [0.3, 0.4) is 0 Å². The van der Waals surface area contributed by atoms with Crippen LogP contribution in [0.4, 0.5) is 17.1 Å². The summed E-state index contributed by atoms with van der Waals surface area (Å²) >= 11 is 1.88. The summed E-state index contributed by atoms with van der Waals surface area (Å²) in [5.41, 5.74) is 16.1. The molecule has 0 amide bonds. The zero-order chi connectivity index (χ0) is 35.5.